The van der Waals surface area contributed by atoms with Crippen molar-refractivity contribution in [3.8, 4) is 0 Å². The minimum atomic E-state index is -0.301. The van der Waals surface area contributed by atoms with Gasteiger partial charge in [0.1, 0.15) is 11.6 Å². The van der Waals surface area contributed by atoms with E-state index in [0.29, 0.717) is 24.0 Å². The molecule has 0 aliphatic rings. The fourth-order valence-electron chi connectivity index (χ4n) is 2.09. The molecule has 0 unspecified atom stereocenters. The van der Waals surface area contributed by atoms with E-state index >= 15 is 0 Å². The van der Waals surface area contributed by atoms with E-state index in [-0.39, 0.29) is 11.8 Å². The van der Waals surface area contributed by atoms with Crippen LogP contribution in [-0.2, 0) is 6.54 Å². The van der Waals surface area contributed by atoms with Gasteiger partial charge < -0.3 is 11.1 Å². The summed E-state index contributed by atoms with van der Waals surface area (Å²) in [6.45, 7) is 10.1. The van der Waals surface area contributed by atoms with E-state index in [1.54, 1.807) is 12.1 Å². The molecule has 3 N–H and O–H groups in total. The van der Waals surface area contributed by atoms with Gasteiger partial charge in [0.15, 0.2) is 0 Å². The Balaban J connectivity index is 2.14. The summed E-state index contributed by atoms with van der Waals surface area (Å²) in [6, 6.07) is 5.93. The highest BCUT2D eigenvalue weighted by atomic mass is 19.1. The molecule has 0 fully saturated rings. The van der Waals surface area contributed by atoms with E-state index in [4.69, 9.17) is 5.73 Å². The largest absolute Gasteiger partial charge is 0.368 e. The first-order valence-electron chi connectivity index (χ1n) is 7.36. The second kappa shape index (κ2) is 7.64. The SMILES string of the molecule is C=C(C)CN(CC)Cc1nc(N)nc(Nc2ccc(F)cc2)n1. The maximum atomic E-state index is 12.9. The molecule has 0 spiro atoms. The standard InChI is InChI=1S/C16H21FN6/c1-4-23(9-11(2)3)10-14-20-15(18)22-16(21-14)19-13-7-5-12(17)6-8-13/h5-8H,2,4,9-10H2,1,3H3,(H3,18,19,20,21,22). The van der Waals surface area contributed by atoms with Crippen molar-refractivity contribution in [1.29, 1.82) is 0 Å². The molecule has 0 aliphatic heterocycles. The molecule has 23 heavy (non-hydrogen) atoms. The zero-order valence-corrected chi connectivity index (χ0v) is 13.4. The van der Waals surface area contributed by atoms with Crippen LogP contribution in [0.4, 0.5) is 22.0 Å². The third kappa shape index (κ3) is 5.30. The van der Waals surface area contributed by atoms with E-state index in [2.05, 4.69) is 38.7 Å². The zero-order chi connectivity index (χ0) is 16.8. The van der Waals surface area contributed by atoms with Crippen LogP contribution in [0.3, 0.4) is 0 Å². The number of nitrogens with zero attached hydrogens (tertiary/aromatic N) is 4. The molecular weight excluding hydrogens is 295 g/mol. The van der Waals surface area contributed by atoms with Gasteiger partial charge in [-0.25, -0.2) is 4.39 Å². The number of rotatable bonds is 7. The van der Waals surface area contributed by atoms with Crippen molar-refractivity contribution in [2.45, 2.75) is 20.4 Å². The van der Waals surface area contributed by atoms with E-state index in [9.17, 15) is 4.39 Å². The number of likely N-dealkylation sites (N-methyl/N-ethyl adjacent to an activating group) is 1. The van der Waals surface area contributed by atoms with Crippen molar-refractivity contribution in [3.05, 3.63) is 48.1 Å². The predicted octanol–water partition coefficient (Wildman–Crippen LogP) is 2.73. The van der Waals surface area contributed by atoms with Crippen molar-refractivity contribution < 1.29 is 4.39 Å². The van der Waals surface area contributed by atoms with Gasteiger partial charge in [0.05, 0.1) is 6.54 Å². The summed E-state index contributed by atoms with van der Waals surface area (Å²) >= 11 is 0. The van der Waals surface area contributed by atoms with Crippen LogP contribution in [-0.4, -0.2) is 32.9 Å². The molecule has 0 saturated carbocycles. The molecule has 0 saturated heterocycles. The molecule has 2 aromatic rings. The molecule has 0 amide bonds. The number of benzene rings is 1. The summed E-state index contributed by atoms with van der Waals surface area (Å²) in [5.74, 6) is 0.756. The quantitative estimate of drug-likeness (QED) is 0.765. The Bertz CT molecular complexity index is 671. The topological polar surface area (TPSA) is 80.0 Å². The zero-order valence-electron chi connectivity index (χ0n) is 13.4. The Morgan fingerprint density at radius 3 is 2.57 bits per heavy atom. The number of hydrogen-bond donors (Lipinski definition) is 2. The van der Waals surface area contributed by atoms with E-state index in [1.807, 2.05) is 6.92 Å². The van der Waals surface area contributed by atoms with Crippen LogP contribution >= 0.6 is 0 Å². The van der Waals surface area contributed by atoms with Gasteiger partial charge in [-0.2, -0.15) is 15.0 Å². The van der Waals surface area contributed by atoms with E-state index in [1.165, 1.54) is 12.1 Å². The second-order valence-electron chi connectivity index (χ2n) is 5.33. The van der Waals surface area contributed by atoms with Crippen LogP contribution in [0.15, 0.2) is 36.4 Å². The highest BCUT2D eigenvalue weighted by Gasteiger charge is 2.10. The Labute approximate surface area is 135 Å². The fourth-order valence-corrected chi connectivity index (χ4v) is 2.09. The molecule has 6 nitrogen and oxygen atoms in total. The first-order valence-corrected chi connectivity index (χ1v) is 7.36. The third-order valence-electron chi connectivity index (χ3n) is 3.11. The number of nitrogens with one attached hydrogen (secondary N) is 1. The molecular formula is C16H21FN6. The summed E-state index contributed by atoms with van der Waals surface area (Å²) < 4.78 is 12.9. The monoisotopic (exact) mass is 316 g/mol. The Hall–Kier alpha value is -2.54. The maximum absolute atomic E-state index is 12.9. The molecule has 0 aliphatic carbocycles. The number of aromatic nitrogens is 3. The van der Waals surface area contributed by atoms with Gasteiger partial charge in [-0.3, -0.25) is 4.90 Å². The van der Waals surface area contributed by atoms with Crippen LogP contribution in [0, 0.1) is 5.82 Å². The van der Waals surface area contributed by atoms with Gasteiger partial charge in [-0.15, -0.1) is 0 Å². The minimum absolute atomic E-state index is 0.144. The van der Waals surface area contributed by atoms with Crippen LogP contribution in [0.2, 0.25) is 0 Å². The number of nitrogens with two attached hydrogens (primary N) is 1. The molecule has 2 rings (SSSR count). The van der Waals surface area contributed by atoms with Crippen LogP contribution in [0.25, 0.3) is 0 Å². The minimum Gasteiger partial charge on any atom is -0.368 e. The predicted molar refractivity (Wildman–Crippen MR) is 89.7 cm³/mol. The van der Waals surface area contributed by atoms with Crippen molar-refractivity contribution in [2.24, 2.45) is 0 Å². The number of halogens is 1. The summed E-state index contributed by atoms with van der Waals surface area (Å²) in [6.07, 6.45) is 0. The first-order chi connectivity index (χ1) is 11.0. The van der Waals surface area contributed by atoms with Gasteiger partial charge in [0, 0.05) is 12.2 Å². The van der Waals surface area contributed by atoms with Crippen LogP contribution in [0.1, 0.15) is 19.7 Å². The van der Waals surface area contributed by atoms with Gasteiger partial charge in [-0.05, 0) is 37.7 Å². The number of hydrogen-bond acceptors (Lipinski definition) is 6. The fraction of sp³-hybridized carbons (Fsp3) is 0.312. The Kier molecular flexibility index (Phi) is 5.59. The van der Waals surface area contributed by atoms with E-state index < -0.39 is 0 Å². The maximum Gasteiger partial charge on any atom is 0.232 e. The average Bonchev–Trinajstić information content (AvgIpc) is 2.48. The molecule has 1 heterocycles. The molecule has 1 aromatic carbocycles. The molecule has 0 atom stereocenters. The second-order valence-corrected chi connectivity index (χ2v) is 5.33. The Morgan fingerprint density at radius 2 is 1.96 bits per heavy atom. The van der Waals surface area contributed by atoms with Gasteiger partial charge in [-0.1, -0.05) is 19.1 Å². The number of nitrogen functional groups attached to an aromatic ring is 1. The van der Waals surface area contributed by atoms with Gasteiger partial charge >= 0.3 is 0 Å². The summed E-state index contributed by atoms with van der Waals surface area (Å²) in [5.41, 5.74) is 7.50. The lowest BCUT2D eigenvalue weighted by molar-refractivity contribution is 0.296. The lowest BCUT2D eigenvalue weighted by Gasteiger charge is -2.19. The normalized spacial score (nSPS) is 10.8. The van der Waals surface area contributed by atoms with Gasteiger partial charge in [0.25, 0.3) is 0 Å². The number of anilines is 3. The van der Waals surface area contributed by atoms with E-state index in [0.717, 1.165) is 18.7 Å². The molecule has 0 bridgehead atoms. The van der Waals surface area contributed by atoms with Crippen molar-refractivity contribution in [3.63, 3.8) is 0 Å². The highest BCUT2D eigenvalue weighted by Crippen LogP contribution is 2.14. The van der Waals surface area contributed by atoms with Gasteiger partial charge in [0.2, 0.25) is 11.9 Å². The van der Waals surface area contributed by atoms with Crippen LogP contribution in [0.5, 0.6) is 0 Å². The molecule has 0 radical (unpaired) electrons. The Morgan fingerprint density at radius 1 is 1.26 bits per heavy atom. The smallest absolute Gasteiger partial charge is 0.232 e. The van der Waals surface area contributed by atoms with Crippen molar-refractivity contribution in [1.82, 2.24) is 19.9 Å². The van der Waals surface area contributed by atoms with Crippen molar-refractivity contribution in [2.75, 3.05) is 24.1 Å². The molecule has 7 heteroatoms. The summed E-state index contributed by atoms with van der Waals surface area (Å²) in [4.78, 5) is 14.7. The summed E-state index contributed by atoms with van der Waals surface area (Å²) in [5, 5.41) is 3.00. The first kappa shape index (κ1) is 16.8. The third-order valence-corrected chi connectivity index (χ3v) is 3.11. The lowest BCUT2D eigenvalue weighted by Crippen LogP contribution is -2.26. The summed E-state index contributed by atoms with van der Waals surface area (Å²) in [7, 11) is 0. The molecule has 122 valence electrons. The lowest BCUT2D eigenvalue weighted by atomic mass is 10.3. The van der Waals surface area contributed by atoms with Crippen molar-refractivity contribution >= 4 is 17.6 Å². The van der Waals surface area contributed by atoms with Crippen LogP contribution < -0.4 is 11.1 Å². The average molecular weight is 316 g/mol. The highest BCUT2D eigenvalue weighted by molar-refractivity contribution is 5.53. The molecule has 1 aromatic heterocycles.